The van der Waals surface area contributed by atoms with Gasteiger partial charge in [-0.1, -0.05) is 24.9 Å². The van der Waals surface area contributed by atoms with Crippen LogP contribution in [0.2, 0.25) is 5.15 Å². The predicted octanol–water partition coefficient (Wildman–Crippen LogP) is 4.71. The van der Waals surface area contributed by atoms with E-state index < -0.39 is 0 Å². The zero-order valence-corrected chi connectivity index (χ0v) is 17.8. The fourth-order valence-corrected chi connectivity index (χ4v) is 3.63. The predicted molar refractivity (Wildman–Crippen MR) is 112 cm³/mol. The fraction of sp³-hybridized carbons (Fsp3) is 0.571. The summed E-state index contributed by atoms with van der Waals surface area (Å²) in [6.07, 6.45) is 6.03. The third kappa shape index (κ3) is 5.63. The molecule has 2 aromatic rings. The second-order valence-electron chi connectivity index (χ2n) is 7.22. The first kappa shape index (κ1) is 21.4. The fourth-order valence-electron chi connectivity index (χ4n) is 3.44. The van der Waals surface area contributed by atoms with E-state index in [0.717, 1.165) is 56.1 Å². The van der Waals surface area contributed by atoms with Crippen molar-refractivity contribution in [2.24, 2.45) is 5.92 Å². The van der Waals surface area contributed by atoms with Gasteiger partial charge in [0.05, 0.1) is 25.8 Å². The number of aromatic nitrogens is 2. The summed E-state index contributed by atoms with van der Waals surface area (Å²) in [7, 11) is 1.60. The quantitative estimate of drug-likeness (QED) is 0.454. The number of likely N-dealkylation sites (tertiary alicyclic amines) is 1. The first-order valence-electron chi connectivity index (χ1n) is 10.1. The van der Waals surface area contributed by atoms with Gasteiger partial charge in [-0.05, 0) is 37.7 Å². The number of nitrogens with zero attached hydrogens (tertiary/aromatic N) is 3. The highest BCUT2D eigenvalue weighted by molar-refractivity contribution is 6.34. The van der Waals surface area contributed by atoms with Gasteiger partial charge >= 0.3 is 6.09 Å². The molecule has 1 amide bonds. The molecule has 0 atom stereocenters. The van der Waals surface area contributed by atoms with Crippen molar-refractivity contribution in [3.8, 4) is 11.5 Å². The minimum Gasteiger partial charge on any atom is -0.493 e. The number of hydrogen-bond donors (Lipinski definition) is 0. The van der Waals surface area contributed by atoms with E-state index in [-0.39, 0.29) is 6.09 Å². The van der Waals surface area contributed by atoms with Gasteiger partial charge in [-0.3, -0.25) is 0 Å². The van der Waals surface area contributed by atoms with Crippen molar-refractivity contribution in [1.29, 1.82) is 0 Å². The number of benzene rings is 1. The Bertz CT molecular complexity index is 825. The molecule has 1 aromatic heterocycles. The van der Waals surface area contributed by atoms with Gasteiger partial charge in [0.1, 0.15) is 11.5 Å². The third-order valence-electron chi connectivity index (χ3n) is 5.25. The Kier molecular flexibility index (Phi) is 7.75. The number of amides is 1. The van der Waals surface area contributed by atoms with Crippen LogP contribution in [0, 0.1) is 5.92 Å². The molecule has 1 aliphatic rings. The summed E-state index contributed by atoms with van der Waals surface area (Å²) in [6.45, 7) is 4.64. The second kappa shape index (κ2) is 10.5. The molecule has 1 aromatic carbocycles. The molecule has 0 unspecified atom stereocenters. The molecule has 2 heterocycles. The van der Waals surface area contributed by atoms with Crippen molar-refractivity contribution in [3.05, 3.63) is 23.6 Å². The summed E-state index contributed by atoms with van der Waals surface area (Å²) < 4.78 is 16.7. The van der Waals surface area contributed by atoms with Crippen molar-refractivity contribution in [2.75, 3.05) is 33.4 Å². The zero-order chi connectivity index (χ0) is 20.6. The highest BCUT2D eigenvalue weighted by Crippen LogP contribution is 2.34. The standard InChI is InChI=1S/C21H28ClN3O4/c1-3-4-10-29-21(26)25-8-5-15(6-9-25)7-11-28-19-13-17-16(12-18(19)27-2)20(22)24-14-23-17/h12-15H,3-11H2,1-2H3. The SMILES string of the molecule is CCCCOC(=O)N1CCC(CCOc2cc3ncnc(Cl)c3cc2OC)CC1. The van der Waals surface area contributed by atoms with E-state index in [0.29, 0.717) is 35.8 Å². The number of fused-ring (bicyclic) bond motifs is 1. The second-order valence-corrected chi connectivity index (χ2v) is 7.58. The molecule has 29 heavy (non-hydrogen) atoms. The molecular weight excluding hydrogens is 394 g/mol. The largest absolute Gasteiger partial charge is 0.493 e. The lowest BCUT2D eigenvalue weighted by Gasteiger charge is -2.31. The van der Waals surface area contributed by atoms with Crippen LogP contribution in [-0.2, 0) is 4.74 Å². The lowest BCUT2D eigenvalue weighted by atomic mass is 9.94. The molecule has 1 saturated heterocycles. The minimum atomic E-state index is -0.185. The van der Waals surface area contributed by atoms with Crippen molar-refractivity contribution in [2.45, 2.75) is 39.0 Å². The highest BCUT2D eigenvalue weighted by Gasteiger charge is 2.23. The van der Waals surface area contributed by atoms with Crippen molar-refractivity contribution in [1.82, 2.24) is 14.9 Å². The number of hydrogen-bond acceptors (Lipinski definition) is 6. The maximum Gasteiger partial charge on any atom is 0.409 e. The third-order valence-corrected chi connectivity index (χ3v) is 5.55. The summed E-state index contributed by atoms with van der Waals surface area (Å²) >= 11 is 6.13. The van der Waals surface area contributed by atoms with Crippen LogP contribution >= 0.6 is 11.6 Å². The van der Waals surface area contributed by atoms with E-state index >= 15 is 0 Å². The van der Waals surface area contributed by atoms with Crippen LogP contribution in [0.3, 0.4) is 0 Å². The van der Waals surface area contributed by atoms with Crippen molar-refractivity contribution < 1.29 is 19.0 Å². The summed E-state index contributed by atoms with van der Waals surface area (Å²) in [6, 6.07) is 3.63. The smallest absolute Gasteiger partial charge is 0.409 e. The van der Waals surface area contributed by atoms with E-state index in [9.17, 15) is 4.79 Å². The number of ether oxygens (including phenoxy) is 3. The molecule has 0 radical (unpaired) electrons. The maximum absolute atomic E-state index is 12.0. The lowest BCUT2D eigenvalue weighted by Crippen LogP contribution is -2.39. The number of piperidine rings is 1. The van der Waals surface area contributed by atoms with E-state index in [2.05, 4.69) is 16.9 Å². The molecule has 3 rings (SSSR count). The van der Waals surface area contributed by atoms with Gasteiger partial charge in [-0.15, -0.1) is 0 Å². The molecule has 0 N–H and O–H groups in total. The molecule has 1 fully saturated rings. The summed E-state index contributed by atoms with van der Waals surface area (Å²) in [5.41, 5.74) is 0.718. The molecule has 1 aliphatic heterocycles. The Morgan fingerprint density at radius 1 is 1.21 bits per heavy atom. The Morgan fingerprint density at radius 3 is 2.72 bits per heavy atom. The molecular formula is C21H28ClN3O4. The summed E-state index contributed by atoms with van der Waals surface area (Å²) in [4.78, 5) is 22.1. The normalized spacial score (nSPS) is 14.8. The summed E-state index contributed by atoms with van der Waals surface area (Å²) in [5, 5.41) is 1.12. The van der Waals surface area contributed by atoms with Gasteiger partial charge in [0.2, 0.25) is 0 Å². The number of carbonyl (C=O) groups is 1. The number of halogens is 1. The van der Waals surface area contributed by atoms with Crippen molar-refractivity contribution >= 4 is 28.6 Å². The average Bonchev–Trinajstić information content (AvgIpc) is 2.74. The van der Waals surface area contributed by atoms with Gasteiger partial charge in [-0.2, -0.15) is 0 Å². The molecule has 0 spiro atoms. The van der Waals surface area contributed by atoms with Crippen LogP contribution in [0.1, 0.15) is 39.0 Å². The molecule has 8 heteroatoms. The van der Waals surface area contributed by atoms with E-state index in [1.54, 1.807) is 13.2 Å². The van der Waals surface area contributed by atoms with Gasteiger partial charge in [0, 0.05) is 24.5 Å². The minimum absolute atomic E-state index is 0.185. The zero-order valence-electron chi connectivity index (χ0n) is 17.0. The monoisotopic (exact) mass is 421 g/mol. The lowest BCUT2D eigenvalue weighted by molar-refractivity contribution is 0.0841. The molecule has 158 valence electrons. The Labute approximate surface area is 176 Å². The number of rotatable bonds is 8. The van der Waals surface area contributed by atoms with Crippen LogP contribution < -0.4 is 9.47 Å². The molecule has 0 bridgehead atoms. The first-order chi connectivity index (χ1) is 14.1. The number of unbranched alkanes of at least 4 members (excludes halogenated alkanes) is 1. The van der Waals surface area contributed by atoms with Gasteiger partial charge in [0.25, 0.3) is 0 Å². The summed E-state index contributed by atoms with van der Waals surface area (Å²) in [5.74, 6) is 1.78. The Hall–Kier alpha value is -2.28. The average molecular weight is 422 g/mol. The van der Waals surface area contributed by atoms with Crippen LogP contribution in [-0.4, -0.2) is 54.4 Å². The van der Waals surface area contributed by atoms with Gasteiger partial charge in [0.15, 0.2) is 11.5 Å². The number of carbonyl (C=O) groups excluding carboxylic acids is 1. The highest BCUT2D eigenvalue weighted by atomic mass is 35.5. The Morgan fingerprint density at radius 2 is 2.00 bits per heavy atom. The number of methoxy groups -OCH3 is 1. The van der Waals surface area contributed by atoms with E-state index in [1.165, 1.54) is 6.33 Å². The van der Waals surface area contributed by atoms with Crippen LogP contribution in [0.25, 0.3) is 10.9 Å². The van der Waals surface area contributed by atoms with Crippen LogP contribution in [0.15, 0.2) is 18.5 Å². The van der Waals surface area contributed by atoms with Crippen molar-refractivity contribution in [3.63, 3.8) is 0 Å². The van der Waals surface area contributed by atoms with Gasteiger partial charge < -0.3 is 19.1 Å². The van der Waals surface area contributed by atoms with Crippen LogP contribution in [0.5, 0.6) is 11.5 Å². The van der Waals surface area contributed by atoms with Crippen LogP contribution in [0.4, 0.5) is 4.79 Å². The molecule has 0 saturated carbocycles. The molecule has 7 nitrogen and oxygen atoms in total. The maximum atomic E-state index is 12.0. The first-order valence-corrected chi connectivity index (χ1v) is 10.5. The van der Waals surface area contributed by atoms with E-state index in [4.69, 9.17) is 25.8 Å². The topological polar surface area (TPSA) is 73.8 Å². The Balaban J connectivity index is 1.48. The van der Waals surface area contributed by atoms with Gasteiger partial charge in [-0.25, -0.2) is 14.8 Å². The van der Waals surface area contributed by atoms with E-state index in [1.807, 2.05) is 11.0 Å². The molecule has 0 aliphatic carbocycles.